The van der Waals surface area contributed by atoms with Gasteiger partial charge >= 0.3 is 0 Å². The molecule has 0 spiro atoms. The molecule has 5 heteroatoms. The van der Waals surface area contributed by atoms with Gasteiger partial charge in [0.25, 0.3) is 5.91 Å². The maximum absolute atomic E-state index is 12.7. The SMILES string of the molecule is Cc1cc(C)c(OCC(=O)N[C@@H](CN2CCOCC2)c2ccccc2)c(C)c1. The molecule has 0 aliphatic carbocycles. The summed E-state index contributed by atoms with van der Waals surface area (Å²) in [6.07, 6.45) is 0. The van der Waals surface area contributed by atoms with Gasteiger partial charge in [0, 0.05) is 19.6 Å². The van der Waals surface area contributed by atoms with Crippen molar-refractivity contribution in [3.8, 4) is 5.75 Å². The van der Waals surface area contributed by atoms with Crippen molar-refractivity contribution in [2.24, 2.45) is 0 Å². The van der Waals surface area contributed by atoms with Gasteiger partial charge in [-0.25, -0.2) is 0 Å². The summed E-state index contributed by atoms with van der Waals surface area (Å²) in [4.78, 5) is 15.0. The van der Waals surface area contributed by atoms with Gasteiger partial charge in [-0.15, -0.1) is 0 Å². The Morgan fingerprint density at radius 2 is 1.75 bits per heavy atom. The van der Waals surface area contributed by atoms with Crippen LogP contribution in [0.4, 0.5) is 0 Å². The number of nitrogens with zero attached hydrogens (tertiary/aromatic N) is 1. The average Bonchev–Trinajstić information content (AvgIpc) is 2.68. The van der Waals surface area contributed by atoms with E-state index < -0.39 is 0 Å². The van der Waals surface area contributed by atoms with E-state index in [9.17, 15) is 4.79 Å². The van der Waals surface area contributed by atoms with E-state index in [2.05, 4.69) is 41.4 Å². The summed E-state index contributed by atoms with van der Waals surface area (Å²) in [7, 11) is 0. The van der Waals surface area contributed by atoms with Gasteiger partial charge < -0.3 is 14.8 Å². The lowest BCUT2D eigenvalue weighted by Gasteiger charge is -2.31. The summed E-state index contributed by atoms with van der Waals surface area (Å²) in [6, 6.07) is 14.2. The van der Waals surface area contributed by atoms with E-state index in [0.717, 1.165) is 55.3 Å². The molecule has 1 N–H and O–H groups in total. The summed E-state index contributed by atoms with van der Waals surface area (Å²) in [5.74, 6) is 0.687. The average molecular weight is 383 g/mol. The molecule has 0 radical (unpaired) electrons. The van der Waals surface area contributed by atoms with Crippen LogP contribution in [-0.4, -0.2) is 50.3 Å². The van der Waals surface area contributed by atoms with Crippen LogP contribution >= 0.6 is 0 Å². The molecule has 1 aliphatic heterocycles. The fraction of sp³-hybridized carbons (Fsp3) is 0.435. The Bertz CT molecular complexity index is 763. The van der Waals surface area contributed by atoms with Crippen molar-refractivity contribution in [1.29, 1.82) is 0 Å². The van der Waals surface area contributed by atoms with Gasteiger partial charge in [-0.2, -0.15) is 0 Å². The van der Waals surface area contributed by atoms with Crippen molar-refractivity contribution in [2.75, 3.05) is 39.5 Å². The van der Waals surface area contributed by atoms with E-state index in [-0.39, 0.29) is 18.6 Å². The second-order valence-corrected chi connectivity index (χ2v) is 7.46. The van der Waals surface area contributed by atoms with Crippen LogP contribution in [0, 0.1) is 20.8 Å². The molecule has 1 saturated heterocycles. The first kappa shape index (κ1) is 20.4. The first-order chi connectivity index (χ1) is 13.5. The zero-order chi connectivity index (χ0) is 19.9. The van der Waals surface area contributed by atoms with Crippen molar-refractivity contribution in [2.45, 2.75) is 26.8 Å². The lowest BCUT2D eigenvalue weighted by Crippen LogP contribution is -2.44. The highest BCUT2D eigenvalue weighted by atomic mass is 16.5. The van der Waals surface area contributed by atoms with Crippen LogP contribution in [0.3, 0.4) is 0 Å². The van der Waals surface area contributed by atoms with Crippen molar-refractivity contribution in [3.63, 3.8) is 0 Å². The minimum absolute atomic E-state index is 0.0111. The highest BCUT2D eigenvalue weighted by molar-refractivity contribution is 5.78. The van der Waals surface area contributed by atoms with E-state index in [1.807, 2.05) is 32.0 Å². The Kier molecular flexibility index (Phi) is 7.06. The van der Waals surface area contributed by atoms with Crippen LogP contribution in [-0.2, 0) is 9.53 Å². The second kappa shape index (κ2) is 9.71. The quantitative estimate of drug-likeness (QED) is 0.799. The Morgan fingerprint density at radius 1 is 1.11 bits per heavy atom. The molecular formula is C23H30N2O3. The number of aryl methyl sites for hydroxylation is 3. The molecule has 2 aromatic carbocycles. The lowest BCUT2D eigenvalue weighted by molar-refractivity contribution is -0.124. The van der Waals surface area contributed by atoms with E-state index in [1.165, 1.54) is 5.56 Å². The number of carbonyl (C=O) groups excluding carboxylic acids is 1. The molecule has 150 valence electrons. The number of benzene rings is 2. The summed E-state index contributed by atoms with van der Waals surface area (Å²) >= 11 is 0. The summed E-state index contributed by atoms with van der Waals surface area (Å²) < 4.78 is 11.3. The monoisotopic (exact) mass is 382 g/mol. The van der Waals surface area contributed by atoms with E-state index in [1.54, 1.807) is 0 Å². The fourth-order valence-electron chi connectivity index (χ4n) is 3.73. The summed E-state index contributed by atoms with van der Waals surface area (Å²) in [6.45, 7) is 10.1. The molecule has 5 nitrogen and oxygen atoms in total. The number of hydrogen-bond donors (Lipinski definition) is 1. The van der Waals surface area contributed by atoms with Crippen LogP contribution in [0.15, 0.2) is 42.5 Å². The van der Waals surface area contributed by atoms with Crippen molar-refractivity contribution < 1.29 is 14.3 Å². The molecule has 1 amide bonds. The van der Waals surface area contributed by atoms with E-state index in [4.69, 9.17) is 9.47 Å². The standard InChI is InChI=1S/C23H30N2O3/c1-17-13-18(2)23(19(3)14-17)28-16-22(26)24-21(20-7-5-4-6-8-20)15-25-9-11-27-12-10-25/h4-8,13-14,21H,9-12,15-16H2,1-3H3,(H,24,26)/t21-/m0/s1. The normalized spacial score (nSPS) is 15.8. The van der Waals surface area contributed by atoms with Crippen molar-refractivity contribution in [3.05, 3.63) is 64.7 Å². The molecule has 1 atom stereocenters. The molecule has 1 fully saturated rings. The van der Waals surface area contributed by atoms with Crippen LogP contribution in [0.5, 0.6) is 5.75 Å². The molecular weight excluding hydrogens is 352 g/mol. The third-order valence-electron chi connectivity index (χ3n) is 5.03. The molecule has 0 bridgehead atoms. The number of hydrogen-bond acceptors (Lipinski definition) is 4. The highest BCUT2D eigenvalue weighted by Crippen LogP contribution is 2.24. The third kappa shape index (κ3) is 5.57. The van der Waals surface area contributed by atoms with Gasteiger partial charge in [0.1, 0.15) is 5.75 Å². The smallest absolute Gasteiger partial charge is 0.258 e. The maximum atomic E-state index is 12.7. The molecule has 28 heavy (non-hydrogen) atoms. The van der Waals surface area contributed by atoms with Crippen LogP contribution < -0.4 is 10.1 Å². The van der Waals surface area contributed by atoms with Gasteiger partial charge in [-0.1, -0.05) is 48.0 Å². The zero-order valence-electron chi connectivity index (χ0n) is 17.0. The number of carbonyl (C=O) groups is 1. The molecule has 2 aromatic rings. The predicted molar refractivity (Wildman–Crippen MR) is 111 cm³/mol. The minimum atomic E-state index is -0.110. The van der Waals surface area contributed by atoms with Gasteiger partial charge in [0.05, 0.1) is 19.3 Å². The van der Waals surface area contributed by atoms with E-state index >= 15 is 0 Å². The maximum Gasteiger partial charge on any atom is 0.258 e. The minimum Gasteiger partial charge on any atom is -0.483 e. The summed E-state index contributed by atoms with van der Waals surface area (Å²) in [5, 5.41) is 3.15. The molecule has 1 heterocycles. The first-order valence-electron chi connectivity index (χ1n) is 9.88. The number of rotatable bonds is 7. The van der Waals surface area contributed by atoms with Crippen LogP contribution in [0.25, 0.3) is 0 Å². The van der Waals surface area contributed by atoms with Gasteiger partial charge in [-0.05, 0) is 37.5 Å². The topological polar surface area (TPSA) is 50.8 Å². The largest absolute Gasteiger partial charge is 0.483 e. The number of nitrogens with one attached hydrogen (secondary N) is 1. The van der Waals surface area contributed by atoms with Crippen molar-refractivity contribution in [1.82, 2.24) is 10.2 Å². The van der Waals surface area contributed by atoms with Gasteiger partial charge in [0.2, 0.25) is 0 Å². The predicted octanol–water partition coefficient (Wildman–Crippen LogP) is 3.18. The number of ether oxygens (including phenoxy) is 2. The Labute approximate surface area is 167 Å². The lowest BCUT2D eigenvalue weighted by atomic mass is 10.1. The Balaban J connectivity index is 1.64. The molecule has 0 saturated carbocycles. The molecule has 0 unspecified atom stereocenters. The van der Waals surface area contributed by atoms with Crippen molar-refractivity contribution >= 4 is 5.91 Å². The highest BCUT2D eigenvalue weighted by Gasteiger charge is 2.20. The second-order valence-electron chi connectivity index (χ2n) is 7.46. The molecule has 1 aliphatic rings. The van der Waals surface area contributed by atoms with Crippen LogP contribution in [0.2, 0.25) is 0 Å². The number of amides is 1. The van der Waals surface area contributed by atoms with Crippen LogP contribution in [0.1, 0.15) is 28.3 Å². The zero-order valence-corrected chi connectivity index (χ0v) is 17.0. The molecule has 0 aromatic heterocycles. The first-order valence-corrected chi connectivity index (χ1v) is 9.88. The summed E-state index contributed by atoms with van der Waals surface area (Å²) in [5.41, 5.74) is 4.41. The third-order valence-corrected chi connectivity index (χ3v) is 5.03. The molecule has 3 rings (SSSR count). The van der Waals surface area contributed by atoms with Gasteiger partial charge in [-0.3, -0.25) is 9.69 Å². The van der Waals surface area contributed by atoms with Gasteiger partial charge in [0.15, 0.2) is 6.61 Å². The Morgan fingerprint density at radius 3 is 2.39 bits per heavy atom. The fourth-order valence-corrected chi connectivity index (χ4v) is 3.73. The van der Waals surface area contributed by atoms with E-state index in [0.29, 0.717) is 0 Å². The Hall–Kier alpha value is -2.37. The number of morpholine rings is 1.